The van der Waals surface area contributed by atoms with Crippen molar-refractivity contribution in [3.05, 3.63) is 53.6 Å². The van der Waals surface area contributed by atoms with Gasteiger partial charge in [0.05, 0.1) is 13.0 Å². The third-order valence-electron chi connectivity index (χ3n) is 5.23. The van der Waals surface area contributed by atoms with Crippen LogP contribution in [0.25, 0.3) is 0 Å². The lowest BCUT2D eigenvalue weighted by Crippen LogP contribution is -2.60. The fraction of sp³-hybridized carbons (Fsp3) is 0.381. The summed E-state index contributed by atoms with van der Waals surface area (Å²) in [4.78, 5) is 12.9. The lowest BCUT2D eigenvalue weighted by Gasteiger charge is -2.40. The van der Waals surface area contributed by atoms with Crippen LogP contribution in [0.4, 0.5) is 0 Å². The minimum atomic E-state index is -1.66. The van der Waals surface area contributed by atoms with Gasteiger partial charge in [0.25, 0.3) is 0 Å². The first-order valence-corrected chi connectivity index (χ1v) is 9.48. The number of phenols is 1. The Bertz CT molecular complexity index is 914. The lowest BCUT2D eigenvalue weighted by molar-refractivity contribution is -0.277. The zero-order chi connectivity index (χ0) is 21.4. The first kappa shape index (κ1) is 20.6. The zero-order valence-electron chi connectivity index (χ0n) is 15.8. The van der Waals surface area contributed by atoms with Gasteiger partial charge in [0.2, 0.25) is 6.29 Å². The number of rotatable bonds is 4. The van der Waals surface area contributed by atoms with Crippen LogP contribution >= 0.6 is 0 Å². The molecule has 9 nitrogen and oxygen atoms in total. The summed E-state index contributed by atoms with van der Waals surface area (Å²) in [5.41, 5.74) is 0.869. The molecule has 0 amide bonds. The smallest absolute Gasteiger partial charge is 0.229 e. The molecule has 9 heteroatoms. The Morgan fingerprint density at radius 1 is 1.03 bits per heavy atom. The monoisotopic (exact) mass is 418 g/mol. The molecule has 160 valence electrons. The van der Waals surface area contributed by atoms with Crippen LogP contribution in [0.3, 0.4) is 0 Å². The van der Waals surface area contributed by atoms with E-state index in [1.54, 1.807) is 0 Å². The Balaban J connectivity index is 1.63. The fourth-order valence-electron chi connectivity index (χ4n) is 3.65. The van der Waals surface area contributed by atoms with Crippen LogP contribution in [0.15, 0.2) is 42.5 Å². The standard InChI is InChI=1S/C21H22O9/c22-9-16-18(25)19(26)20(27)21(30-16)29-15-7-11(23)6-14-17(15)12(24)8-13(28-14)10-4-2-1-3-5-10/h1-7,13,16,18-23,25-27H,8-9H2/t13?,16?,18?,19?,20?,21-/m0/s1. The molecule has 2 aliphatic rings. The van der Waals surface area contributed by atoms with Crippen LogP contribution in [0, 0.1) is 0 Å². The number of hydrogen-bond acceptors (Lipinski definition) is 9. The van der Waals surface area contributed by atoms with E-state index in [2.05, 4.69) is 0 Å². The molecule has 1 fully saturated rings. The topological polar surface area (TPSA) is 146 Å². The number of aliphatic hydroxyl groups is 4. The third-order valence-corrected chi connectivity index (χ3v) is 5.23. The van der Waals surface area contributed by atoms with Gasteiger partial charge in [0.1, 0.15) is 53.3 Å². The molecule has 0 radical (unpaired) electrons. The van der Waals surface area contributed by atoms with E-state index in [1.165, 1.54) is 12.1 Å². The van der Waals surface area contributed by atoms with Gasteiger partial charge < -0.3 is 39.7 Å². The van der Waals surface area contributed by atoms with E-state index in [9.17, 15) is 30.3 Å². The van der Waals surface area contributed by atoms with Crippen molar-refractivity contribution < 1.29 is 44.5 Å². The second-order valence-corrected chi connectivity index (χ2v) is 7.28. The van der Waals surface area contributed by atoms with Crippen molar-refractivity contribution in [3.8, 4) is 17.2 Å². The first-order chi connectivity index (χ1) is 14.4. The van der Waals surface area contributed by atoms with Crippen LogP contribution in [-0.2, 0) is 4.74 Å². The van der Waals surface area contributed by atoms with Crippen LogP contribution < -0.4 is 9.47 Å². The third kappa shape index (κ3) is 3.73. The van der Waals surface area contributed by atoms with E-state index in [4.69, 9.17) is 14.2 Å². The van der Waals surface area contributed by atoms with Crippen LogP contribution in [0.2, 0.25) is 0 Å². The summed E-state index contributed by atoms with van der Waals surface area (Å²) in [6.45, 7) is -0.621. The number of Topliss-reactive ketones (excluding diaryl/α,β-unsaturated/α-hetero) is 1. The molecule has 2 aromatic carbocycles. The SMILES string of the molecule is O=C1CC(c2ccccc2)Oc2cc(O)cc(O[C@H]3OC(CO)C(O)C(O)C3O)c21. The predicted molar refractivity (Wildman–Crippen MR) is 101 cm³/mol. The molecular weight excluding hydrogens is 396 g/mol. The molecule has 6 atom stereocenters. The van der Waals surface area contributed by atoms with E-state index in [0.717, 1.165) is 5.56 Å². The van der Waals surface area contributed by atoms with E-state index in [1.807, 2.05) is 30.3 Å². The predicted octanol–water partition coefficient (Wildman–Crippen LogP) is 0.277. The summed E-state index contributed by atoms with van der Waals surface area (Å²) in [6, 6.07) is 11.6. The molecule has 1 saturated heterocycles. The normalized spacial score (nSPS) is 31.0. The summed E-state index contributed by atoms with van der Waals surface area (Å²) >= 11 is 0. The molecule has 0 bridgehead atoms. The highest BCUT2D eigenvalue weighted by atomic mass is 16.7. The number of aliphatic hydroxyl groups excluding tert-OH is 4. The van der Waals surface area contributed by atoms with E-state index in [0.29, 0.717) is 0 Å². The average Bonchev–Trinajstić information content (AvgIpc) is 2.74. The zero-order valence-corrected chi connectivity index (χ0v) is 15.8. The van der Waals surface area contributed by atoms with Gasteiger partial charge >= 0.3 is 0 Å². The van der Waals surface area contributed by atoms with Gasteiger partial charge in [0.15, 0.2) is 5.78 Å². The van der Waals surface area contributed by atoms with E-state index >= 15 is 0 Å². The highest BCUT2D eigenvalue weighted by Crippen LogP contribution is 2.43. The summed E-state index contributed by atoms with van der Waals surface area (Å²) in [7, 11) is 0. The van der Waals surface area contributed by atoms with Crippen molar-refractivity contribution in [1.29, 1.82) is 0 Å². The molecule has 30 heavy (non-hydrogen) atoms. The number of ketones is 1. The molecule has 2 aliphatic heterocycles. The Labute approximate surface area is 171 Å². The molecule has 4 rings (SSSR count). The molecule has 0 aromatic heterocycles. The molecule has 2 heterocycles. The summed E-state index contributed by atoms with van der Waals surface area (Å²) in [5, 5.41) is 49.4. The van der Waals surface area contributed by atoms with Gasteiger partial charge in [-0.25, -0.2) is 0 Å². The minimum Gasteiger partial charge on any atom is -0.508 e. The second-order valence-electron chi connectivity index (χ2n) is 7.28. The molecule has 2 aromatic rings. The van der Waals surface area contributed by atoms with Gasteiger partial charge in [-0.15, -0.1) is 0 Å². The van der Waals surface area contributed by atoms with Crippen molar-refractivity contribution in [2.45, 2.75) is 43.2 Å². The highest BCUT2D eigenvalue weighted by molar-refractivity contribution is 6.02. The fourth-order valence-corrected chi connectivity index (χ4v) is 3.65. The summed E-state index contributed by atoms with van der Waals surface area (Å²) in [6.07, 6.45) is -8.00. The van der Waals surface area contributed by atoms with Crippen LogP contribution in [0.1, 0.15) is 28.4 Å². The van der Waals surface area contributed by atoms with Crippen molar-refractivity contribution >= 4 is 5.78 Å². The number of fused-ring (bicyclic) bond motifs is 1. The second kappa shape index (κ2) is 8.21. The van der Waals surface area contributed by atoms with E-state index < -0.39 is 43.4 Å². The number of ether oxygens (including phenoxy) is 3. The molecule has 5 unspecified atom stereocenters. The minimum absolute atomic E-state index is 0.0346. The Morgan fingerprint density at radius 2 is 1.77 bits per heavy atom. The number of hydrogen-bond donors (Lipinski definition) is 5. The van der Waals surface area contributed by atoms with Gasteiger partial charge in [0, 0.05) is 12.1 Å². The van der Waals surface area contributed by atoms with Crippen LogP contribution in [-0.4, -0.2) is 68.6 Å². The maximum absolute atomic E-state index is 12.9. The van der Waals surface area contributed by atoms with E-state index in [-0.39, 0.29) is 35.0 Å². The van der Waals surface area contributed by atoms with Gasteiger partial charge in [-0.2, -0.15) is 0 Å². The molecule has 0 aliphatic carbocycles. The molecule has 0 spiro atoms. The van der Waals surface area contributed by atoms with Gasteiger partial charge in [-0.3, -0.25) is 4.79 Å². The Hall–Kier alpha value is -2.69. The van der Waals surface area contributed by atoms with Crippen LogP contribution in [0.5, 0.6) is 17.2 Å². The molecule has 0 saturated carbocycles. The van der Waals surface area contributed by atoms with Gasteiger partial charge in [-0.05, 0) is 5.56 Å². The number of phenolic OH excluding ortho intramolecular Hbond substituents is 1. The number of aromatic hydroxyl groups is 1. The van der Waals surface area contributed by atoms with Crippen molar-refractivity contribution in [1.82, 2.24) is 0 Å². The number of carbonyl (C=O) groups is 1. The maximum atomic E-state index is 12.9. The lowest BCUT2D eigenvalue weighted by atomic mass is 9.95. The number of carbonyl (C=O) groups excluding carboxylic acids is 1. The summed E-state index contributed by atoms with van der Waals surface area (Å²) in [5.74, 6) is -0.537. The van der Waals surface area contributed by atoms with Crippen molar-refractivity contribution in [3.63, 3.8) is 0 Å². The number of benzene rings is 2. The Morgan fingerprint density at radius 3 is 2.47 bits per heavy atom. The average molecular weight is 418 g/mol. The summed E-state index contributed by atoms with van der Waals surface area (Å²) < 4.78 is 16.8. The Kier molecular flexibility index (Phi) is 5.63. The molecule has 5 N–H and O–H groups in total. The van der Waals surface area contributed by atoms with Crippen molar-refractivity contribution in [2.24, 2.45) is 0 Å². The highest BCUT2D eigenvalue weighted by Gasteiger charge is 2.45. The van der Waals surface area contributed by atoms with Gasteiger partial charge in [-0.1, -0.05) is 30.3 Å². The maximum Gasteiger partial charge on any atom is 0.229 e. The largest absolute Gasteiger partial charge is 0.508 e. The first-order valence-electron chi connectivity index (χ1n) is 9.48. The quantitative estimate of drug-likeness (QED) is 0.472. The van der Waals surface area contributed by atoms with Crippen molar-refractivity contribution in [2.75, 3.05) is 6.61 Å². The molecular formula is C21H22O9.